The second-order valence-electron chi connectivity index (χ2n) is 5.45. The molecule has 0 bridgehead atoms. The van der Waals surface area contributed by atoms with E-state index in [2.05, 4.69) is 67.5 Å². The molecule has 1 nitrogen and oxygen atoms in total. The van der Waals surface area contributed by atoms with Crippen molar-refractivity contribution in [2.24, 2.45) is 0 Å². The molecule has 0 radical (unpaired) electrons. The van der Waals surface area contributed by atoms with E-state index in [9.17, 15) is 0 Å². The zero-order valence-electron chi connectivity index (χ0n) is 13.4. The van der Waals surface area contributed by atoms with Crippen molar-refractivity contribution < 1.29 is 19.4 Å². The molecule has 0 saturated carbocycles. The first kappa shape index (κ1) is 16.2. The van der Waals surface area contributed by atoms with E-state index in [1.807, 2.05) is 0 Å². The van der Waals surface area contributed by atoms with Crippen molar-refractivity contribution >= 4 is 20.9 Å². The van der Waals surface area contributed by atoms with Gasteiger partial charge in [0.25, 0.3) is 0 Å². The molecule has 0 spiro atoms. The summed E-state index contributed by atoms with van der Waals surface area (Å²) in [5.41, 5.74) is 7.75. The van der Waals surface area contributed by atoms with Gasteiger partial charge in [0.05, 0.1) is 0 Å². The Labute approximate surface area is 138 Å². The number of aryl methyl sites for hydroxylation is 3. The van der Waals surface area contributed by atoms with Crippen molar-refractivity contribution in [2.45, 2.75) is 40.7 Å². The van der Waals surface area contributed by atoms with Gasteiger partial charge in [0.2, 0.25) is 0 Å². The Morgan fingerprint density at radius 2 is 2.00 bits per heavy atom. The van der Waals surface area contributed by atoms with Crippen LogP contribution < -0.4 is 0 Å². The molecular weight excluding hydrogens is 426 g/mol. The van der Waals surface area contributed by atoms with E-state index >= 15 is 0 Å². The second-order valence-corrected chi connectivity index (χ2v) is 6.30. The van der Waals surface area contributed by atoms with Gasteiger partial charge in [0.1, 0.15) is 0 Å². The van der Waals surface area contributed by atoms with Gasteiger partial charge in [-0.1, -0.05) is 0 Å². The second kappa shape index (κ2) is 6.71. The van der Waals surface area contributed by atoms with E-state index < -0.39 is 0 Å². The van der Waals surface area contributed by atoms with Crippen LogP contribution in [0.25, 0.3) is 16.5 Å². The monoisotopic (exact) mass is 449 g/mol. The van der Waals surface area contributed by atoms with E-state index in [0.29, 0.717) is 0 Å². The number of benzene rings is 1. The average Bonchev–Trinajstić information content (AvgIpc) is 2.76. The normalized spacial score (nSPS) is 11.9. The molecular formula is C19H23NW. The summed E-state index contributed by atoms with van der Waals surface area (Å²) in [6.45, 7) is 14.1. The summed E-state index contributed by atoms with van der Waals surface area (Å²) in [6, 6.07) is 6.71. The number of hydrogen-bond donors (Lipinski definition) is 0. The summed E-state index contributed by atoms with van der Waals surface area (Å²) < 4.78 is 4.65. The molecule has 21 heavy (non-hydrogen) atoms. The van der Waals surface area contributed by atoms with Gasteiger partial charge in [0, 0.05) is 0 Å². The van der Waals surface area contributed by atoms with Crippen molar-refractivity contribution in [3.63, 3.8) is 0 Å². The summed E-state index contributed by atoms with van der Waals surface area (Å²) in [7, 11) is 0. The molecule has 1 aromatic heterocycles. The van der Waals surface area contributed by atoms with E-state index in [-0.39, 0.29) is 0 Å². The standard InChI is InChI=1S/C19H23N.W/c1-7-13(3)11-15(5)19-16(6)17-10-9-14(4)12-18(17)20(19)8-2;/h3,9-12H,5,7-8H2,1-2,4,6H3;. The molecule has 0 aliphatic rings. The molecule has 0 aliphatic carbocycles. The molecule has 2 heteroatoms. The summed E-state index contributed by atoms with van der Waals surface area (Å²) in [4.78, 5) is 0. The number of nitrogens with zero attached hydrogens (tertiary/aromatic N) is 1. The molecule has 0 amide bonds. The number of fused-ring (bicyclic) bond motifs is 1. The molecule has 2 rings (SSSR count). The number of hydrogen-bond acceptors (Lipinski definition) is 0. The van der Waals surface area contributed by atoms with Crippen LogP contribution in [-0.4, -0.2) is 8.97 Å². The first-order chi connectivity index (χ1) is 10.0. The molecule has 0 aliphatic heterocycles. The molecule has 0 fully saturated rings. The Morgan fingerprint density at radius 3 is 2.57 bits per heavy atom. The third-order valence-electron chi connectivity index (χ3n) is 4.01. The van der Waals surface area contributed by atoms with Gasteiger partial charge in [0.15, 0.2) is 0 Å². The van der Waals surface area contributed by atoms with Crippen LogP contribution in [0.5, 0.6) is 0 Å². The van der Waals surface area contributed by atoms with Crippen LogP contribution in [0, 0.1) is 13.8 Å². The van der Waals surface area contributed by atoms with Gasteiger partial charge in [-0.2, -0.15) is 0 Å². The predicted molar refractivity (Wildman–Crippen MR) is 90.6 cm³/mol. The molecule has 1 heterocycles. The van der Waals surface area contributed by atoms with Gasteiger partial charge in [-0.15, -0.1) is 0 Å². The van der Waals surface area contributed by atoms with Crippen LogP contribution in [0.3, 0.4) is 0 Å². The third kappa shape index (κ3) is 3.04. The van der Waals surface area contributed by atoms with E-state index in [1.54, 1.807) is 0 Å². The van der Waals surface area contributed by atoms with Crippen LogP contribution in [0.1, 0.15) is 37.1 Å². The van der Waals surface area contributed by atoms with Gasteiger partial charge in [-0.05, 0) is 0 Å². The molecule has 0 atom stereocenters. The molecule has 110 valence electrons. The maximum absolute atomic E-state index is 4.34. The first-order valence-electron chi connectivity index (χ1n) is 7.47. The van der Waals surface area contributed by atoms with Crippen molar-refractivity contribution in [3.8, 4) is 0 Å². The Hall–Kier alpha value is -1.20. The topological polar surface area (TPSA) is 4.93 Å². The summed E-state index contributed by atoms with van der Waals surface area (Å²) in [5.74, 6) is 0. The number of allylic oxidation sites excluding steroid dienone is 3. The number of aromatic nitrogens is 1. The van der Waals surface area contributed by atoms with Crippen LogP contribution in [0.2, 0.25) is 0 Å². The molecule has 1 aromatic carbocycles. The fourth-order valence-corrected chi connectivity index (χ4v) is 3.73. The zero-order valence-corrected chi connectivity index (χ0v) is 16.3. The minimum atomic E-state index is 0.971. The summed E-state index contributed by atoms with van der Waals surface area (Å²) in [5, 5.41) is 1.34. The van der Waals surface area contributed by atoms with Crippen LogP contribution in [0.15, 0.2) is 36.4 Å². The molecule has 0 saturated heterocycles. The first-order valence-corrected chi connectivity index (χ1v) is 9.17. The Balaban J connectivity index is 2.68. The summed E-state index contributed by atoms with van der Waals surface area (Å²) >= 11 is 1.49. The van der Waals surface area contributed by atoms with Gasteiger partial charge >= 0.3 is 139 Å². The van der Waals surface area contributed by atoms with Gasteiger partial charge in [-0.25, -0.2) is 0 Å². The molecule has 2 aromatic rings. The third-order valence-corrected chi connectivity index (χ3v) is 5.10. The van der Waals surface area contributed by atoms with E-state index in [4.69, 9.17) is 0 Å². The molecule has 0 unspecified atom stereocenters. The van der Waals surface area contributed by atoms with E-state index in [0.717, 1.165) is 18.5 Å². The predicted octanol–water partition coefficient (Wildman–Crippen LogP) is 4.98. The van der Waals surface area contributed by atoms with Crippen molar-refractivity contribution in [2.75, 3.05) is 0 Å². The Bertz CT molecular complexity index is 732. The average molecular weight is 449 g/mol. The fraction of sp³-hybridized carbons (Fsp3) is 0.316. The van der Waals surface area contributed by atoms with Crippen molar-refractivity contribution in [3.05, 3.63) is 53.2 Å². The zero-order chi connectivity index (χ0) is 15.6. The van der Waals surface area contributed by atoms with Crippen molar-refractivity contribution in [1.29, 1.82) is 0 Å². The van der Waals surface area contributed by atoms with Gasteiger partial charge < -0.3 is 0 Å². The van der Waals surface area contributed by atoms with Crippen LogP contribution >= 0.6 is 0 Å². The summed E-state index contributed by atoms with van der Waals surface area (Å²) in [6.07, 6.45) is 3.31. The Kier molecular flexibility index (Phi) is 5.17. The quantitative estimate of drug-likeness (QED) is 0.568. The van der Waals surface area contributed by atoms with Crippen LogP contribution in [0.4, 0.5) is 0 Å². The Morgan fingerprint density at radius 1 is 1.29 bits per heavy atom. The fourth-order valence-electron chi connectivity index (χ4n) is 2.89. The maximum atomic E-state index is 4.34. The number of rotatable bonds is 5. The van der Waals surface area contributed by atoms with Crippen LogP contribution in [-0.2, 0) is 25.9 Å². The minimum absolute atomic E-state index is 0.971. The van der Waals surface area contributed by atoms with Crippen molar-refractivity contribution in [1.82, 2.24) is 4.57 Å². The van der Waals surface area contributed by atoms with E-state index in [1.165, 1.54) is 52.7 Å². The van der Waals surface area contributed by atoms with Gasteiger partial charge in [-0.3, -0.25) is 0 Å². The molecule has 0 N–H and O–H groups in total. The SMILES string of the molecule is C=C(C=C([CH]=[W])CC)c1c(C)c2ccc(C)cc2n1CC.